The lowest BCUT2D eigenvalue weighted by molar-refractivity contribution is 0.589. The van der Waals surface area contributed by atoms with Crippen LogP contribution in [0.1, 0.15) is 19.8 Å². The summed E-state index contributed by atoms with van der Waals surface area (Å²) in [7, 11) is 0. The molecule has 0 bridgehead atoms. The van der Waals surface area contributed by atoms with Crippen molar-refractivity contribution >= 4 is 38.9 Å². The van der Waals surface area contributed by atoms with Gasteiger partial charge in [-0.3, -0.25) is 0 Å². The van der Waals surface area contributed by atoms with E-state index in [4.69, 9.17) is 12.2 Å². The molecule has 1 rings (SSSR count). The average Bonchev–Trinajstić information content (AvgIpc) is 2.24. The van der Waals surface area contributed by atoms with Crippen LogP contribution in [0, 0.1) is 11.6 Å². The Hall–Kier alpha value is -0.750. The molecule has 2 nitrogen and oxygen atoms in total. The number of rotatable bonds is 4. The molecular formula is C11H13BrF2N2S. The molecule has 0 atom stereocenters. The van der Waals surface area contributed by atoms with Crippen molar-refractivity contribution in [3.8, 4) is 0 Å². The van der Waals surface area contributed by atoms with Crippen molar-refractivity contribution < 1.29 is 8.78 Å². The molecule has 0 saturated heterocycles. The van der Waals surface area contributed by atoms with Gasteiger partial charge in [-0.05, 0) is 30.8 Å². The molecule has 2 N–H and O–H groups in total. The van der Waals surface area contributed by atoms with Crippen LogP contribution >= 0.6 is 28.1 Å². The van der Waals surface area contributed by atoms with E-state index in [9.17, 15) is 8.78 Å². The molecule has 94 valence electrons. The van der Waals surface area contributed by atoms with Gasteiger partial charge in [0.2, 0.25) is 0 Å². The van der Waals surface area contributed by atoms with E-state index in [1.165, 1.54) is 12.1 Å². The normalized spacial score (nSPS) is 10.1. The van der Waals surface area contributed by atoms with E-state index in [-0.39, 0.29) is 10.8 Å². The predicted molar refractivity (Wildman–Crippen MR) is 73.2 cm³/mol. The van der Waals surface area contributed by atoms with E-state index in [0.29, 0.717) is 11.0 Å². The zero-order chi connectivity index (χ0) is 12.8. The van der Waals surface area contributed by atoms with Gasteiger partial charge in [0, 0.05) is 11.0 Å². The fraction of sp³-hybridized carbons (Fsp3) is 0.364. The third kappa shape index (κ3) is 4.55. The van der Waals surface area contributed by atoms with E-state index in [0.717, 1.165) is 12.8 Å². The lowest BCUT2D eigenvalue weighted by Gasteiger charge is -2.11. The molecule has 0 amide bonds. The fourth-order valence-corrected chi connectivity index (χ4v) is 1.80. The van der Waals surface area contributed by atoms with E-state index in [2.05, 4.69) is 26.6 Å². The molecule has 1 aromatic carbocycles. The van der Waals surface area contributed by atoms with Gasteiger partial charge in [-0.25, -0.2) is 8.78 Å². The van der Waals surface area contributed by atoms with E-state index < -0.39 is 11.6 Å². The number of anilines is 1. The van der Waals surface area contributed by atoms with Crippen LogP contribution in [0.5, 0.6) is 0 Å². The Balaban J connectivity index is 2.65. The number of benzene rings is 1. The first kappa shape index (κ1) is 14.3. The number of hydrogen-bond acceptors (Lipinski definition) is 1. The number of thiocarbonyl (C=S) groups is 1. The topological polar surface area (TPSA) is 24.1 Å². The molecule has 1 aromatic rings. The van der Waals surface area contributed by atoms with Crippen LogP contribution < -0.4 is 10.6 Å². The summed E-state index contributed by atoms with van der Waals surface area (Å²) in [4.78, 5) is 0. The van der Waals surface area contributed by atoms with Crippen molar-refractivity contribution in [3.63, 3.8) is 0 Å². The maximum absolute atomic E-state index is 13.4. The van der Waals surface area contributed by atoms with Gasteiger partial charge in [0.05, 0.1) is 0 Å². The molecule has 0 aliphatic rings. The molecular weight excluding hydrogens is 310 g/mol. The molecule has 0 unspecified atom stereocenters. The van der Waals surface area contributed by atoms with Crippen molar-refractivity contribution in [2.45, 2.75) is 19.8 Å². The second kappa shape index (κ2) is 6.86. The van der Waals surface area contributed by atoms with Gasteiger partial charge in [0.1, 0.15) is 5.69 Å². The Labute approximate surface area is 113 Å². The van der Waals surface area contributed by atoms with Crippen LogP contribution in [0.2, 0.25) is 0 Å². The van der Waals surface area contributed by atoms with Crippen molar-refractivity contribution in [2.24, 2.45) is 0 Å². The lowest BCUT2D eigenvalue weighted by atomic mass is 10.3. The Morgan fingerprint density at radius 1 is 1.35 bits per heavy atom. The molecule has 0 fully saturated rings. The van der Waals surface area contributed by atoms with Crippen molar-refractivity contribution in [1.29, 1.82) is 0 Å². The zero-order valence-corrected chi connectivity index (χ0v) is 11.7. The highest BCUT2D eigenvalue weighted by atomic mass is 79.9. The fourth-order valence-electron chi connectivity index (χ4n) is 1.20. The smallest absolute Gasteiger partial charge is 0.170 e. The summed E-state index contributed by atoms with van der Waals surface area (Å²) in [5.41, 5.74) is -0.234. The Kier molecular flexibility index (Phi) is 5.77. The number of halogens is 3. The molecule has 0 radical (unpaired) electrons. The van der Waals surface area contributed by atoms with Crippen LogP contribution in [-0.2, 0) is 0 Å². The summed E-state index contributed by atoms with van der Waals surface area (Å²) in [6, 6.07) is 2.36. The van der Waals surface area contributed by atoms with Gasteiger partial charge >= 0.3 is 0 Å². The van der Waals surface area contributed by atoms with E-state index in [1.54, 1.807) is 0 Å². The molecule has 0 saturated carbocycles. The minimum Gasteiger partial charge on any atom is -0.362 e. The highest BCUT2D eigenvalue weighted by molar-refractivity contribution is 9.10. The Morgan fingerprint density at radius 2 is 1.94 bits per heavy atom. The largest absolute Gasteiger partial charge is 0.362 e. The summed E-state index contributed by atoms with van der Waals surface area (Å²) in [5.74, 6) is -1.37. The molecule has 0 spiro atoms. The Morgan fingerprint density at radius 3 is 2.47 bits per heavy atom. The van der Waals surface area contributed by atoms with Crippen molar-refractivity contribution in [1.82, 2.24) is 5.32 Å². The first-order valence-corrected chi connectivity index (χ1v) is 6.44. The second-order valence-corrected chi connectivity index (χ2v) is 4.80. The minimum absolute atomic E-state index is 0.221. The van der Waals surface area contributed by atoms with Gasteiger partial charge in [-0.15, -0.1) is 0 Å². The summed E-state index contributed by atoms with van der Waals surface area (Å²) < 4.78 is 27.2. The molecule has 0 aromatic heterocycles. The molecule has 0 aliphatic heterocycles. The van der Waals surface area contributed by atoms with Gasteiger partial charge in [0.25, 0.3) is 0 Å². The highest BCUT2D eigenvalue weighted by Gasteiger charge is 2.11. The molecule has 0 aliphatic carbocycles. The minimum atomic E-state index is -0.684. The molecule has 6 heteroatoms. The quantitative estimate of drug-likeness (QED) is 0.651. The predicted octanol–water partition coefficient (Wildman–Crippen LogP) is 3.81. The maximum Gasteiger partial charge on any atom is 0.170 e. The van der Waals surface area contributed by atoms with Gasteiger partial charge in [0.15, 0.2) is 16.7 Å². The highest BCUT2D eigenvalue weighted by Crippen LogP contribution is 2.23. The maximum atomic E-state index is 13.4. The van der Waals surface area contributed by atoms with Crippen LogP contribution in [0.25, 0.3) is 0 Å². The number of unbranched alkanes of at least 4 members (excludes halogenated alkanes) is 1. The monoisotopic (exact) mass is 322 g/mol. The standard InChI is InChI=1S/C11H13BrF2N2S/c1-2-3-4-15-11(17)16-10-8(13)5-7(12)6-9(10)14/h5-6H,2-4H2,1H3,(H2,15,16,17). The first-order valence-electron chi connectivity index (χ1n) is 5.24. The second-order valence-electron chi connectivity index (χ2n) is 3.48. The summed E-state index contributed by atoms with van der Waals surface area (Å²) in [6.45, 7) is 2.73. The van der Waals surface area contributed by atoms with E-state index >= 15 is 0 Å². The third-order valence-corrected chi connectivity index (χ3v) is 2.77. The SMILES string of the molecule is CCCCNC(=S)Nc1c(F)cc(Br)cc1F. The van der Waals surface area contributed by atoms with Crippen LogP contribution in [0.4, 0.5) is 14.5 Å². The van der Waals surface area contributed by atoms with Crippen LogP contribution in [0.3, 0.4) is 0 Å². The third-order valence-electron chi connectivity index (χ3n) is 2.06. The van der Waals surface area contributed by atoms with Crippen LogP contribution in [-0.4, -0.2) is 11.7 Å². The summed E-state index contributed by atoms with van der Waals surface area (Å²) >= 11 is 7.94. The summed E-state index contributed by atoms with van der Waals surface area (Å²) in [5, 5.41) is 5.61. The van der Waals surface area contributed by atoms with Crippen molar-refractivity contribution in [2.75, 3.05) is 11.9 Å². The molecule has 0 heterocycles. The van der Waals surface area contributed by atoms with Crippen LogP contribution in [0.15, 0.2) is 16.6 Å². The lowest BCUT2D eigenvalue weighted by Crippen LogP contribution is -2.29. The van der Waals surface area contributed by atoms with Gasteiger partial charge < -0.3 is 10.6 Å². The Bertz CT molecular complexity index is 389. The zero-order valence-electron chi connectivity index (χ0n) is 9.32. The van der Waals surface area contributed by atoms with E-state index in [1.807, 2.05) is 6.92 Å². The molecule has 17 heavy (non-hydrogen) atoms. The first-order chi connectivity index (χ1) is 8.04. The number of hydrogen-bond donors (Lipinski definition) is 2. The summed E-state index contributed by atoms with van der Waals surface area (Å²) in [6.07, 6.45) is 1.98. The van der Waals surface area contributed by atoms with Gasteiger partial charge in [-0.2, -0.15) is 0 Å². The van der Waals surface area contributed by atoms with Gasteiger partial charge in [-0.1, -0.05) is 29.3 Å². The van der Waals surface area contributed by atoms with Crippen molar-refractivity contribution in [3.05, 3.63) is 28.2 Å². The average molecular weight is 323 g/mol. The number of nitrogens with one attached hydrogen (secondary N) is 2.